The van der Waals surface area contributed by atoms with Crippen LogP contribution >= 0.6 is 0 Å². The third kappa shape index (κ3) is 7.62. The lowest BCUT2D eigenvalue weighted by atomic mass is 10.1. The van der Waals surface area contributed by atoms with Gasteiger partial charge in [-0.1, -0.05) is 19.1 Å². The van der Waals surface area contributed by atoms with E-state index >= 15 is 0 Å². The first-order valence-corrected chi connectivity index (χ1v) is 12.6. The summed E-state index contributed by atoms with van der Waals surface area (Å²) in [7, 11) is 0. The van der Waals surface area contributed by atoms with Crippen LogP contribution in [-0.4, -0.2) is 53.6 Å². The van der Waals surface area contributed by atoms with Crippen molar-refractivity contribution in [2.24, 2.45) is 0 Å². The predicted octanol–water partition coefficient (Wildman–Crippen LogP) is 2.00. The van der Waals surface area contributed by atoms with Crippen molar-refractivity contribution in [1.29, 1.82) is 0 Å². The zero-order chi connectivity index (χ0) is 27.7. The quantitative estimate of drug-likeness (QED) is 0.210. The Morgan fingerprint density at radius 2 is 1.79 bits per heavy atom. The largest absolute Gasteiger partial charge is 0.399 e. The van der Waals surface area contributed by atoms with E-state index in [1.54, 1.807) is 49.4 Å². The molecular weight excluding hydrogens is 488 g/mol. The molecular formula is C27H34N6O5. The molecule has 1 aliphatic heterocycles. The number of nitrogens with two attached hydrogens (primary N) is 1. The number of rotatable bonds is 12. The van der Waals surface area contributed by atoms with Crippen molar-refractivity contribution < 1.29 is 24.0 Å². The van der Waals surface area contributed by atoms with Crippen molar-refractivity contribution in [3.05, 3.63) is 53.6 Å². The van der Waals surface area contributed by atoms with E-state index < -0.39 is 17.9 Å². The van der Waals surface area contributed by atoms with Crippen LogP contribution in [0.2, 0.25) is 0 Å². The predicted molar refractivity (Wildman–Crippen MR) is 144 cm³/mol. The fraction of sp³-hybridized carbons (Fsp3) is 0.370. The number of nitrogen functional groups attached to an aromatic ring is 1. The van der Waals surface area contributed by atoms with E-state index in [1.807, 2.05) is 0 Å². The van der Waals surface area contributed by atoms with Crippen LogP contribution in [0.3, 0.4) is 0 Å². The van der Waals surface area contributed by atoms with E-state index in [2.05, 4.69) is 21.3 Å². The first-order valence-electron chi connectivity index (χ1n) is 12.6. The van der Waals surface area contributed by atoms with E-state index in [0.29, 0.717) is 54.0 Å². The highest BCUT2D eigenvalue weighted by Crippen LogP contribution is 2.31. The summed E-state index contributed by atoms with van der Waals surface area (Å²) in [5.41, 5.74) is 8.51. The lowest BCUT2D eigenvalue weighted by molar-refractivity contribution is -0.132. The van der Waals surface area contributed by atoms with Gasteiger partial charge in [-0.15, -0.1) is 0 Å². The normalized spacial score (nSPS) is 13.0. The molecule has 2 aromatic carbocycles. The van der Waals surface area contributed by atoms with Gasteiger partial charge in [0, 0.05) is 48.1 Å². The van der Waals surface area contributed by atoms with Crippen LogP contribution in [0.4, 0.5) is 17.1 Å². The van der Waals surface area contributed by atoms with Gasteiger partial charge < -0.3 is 26.6 Å². The average molecular weight is 523 g/mol. The van der Waals surface area contributed by atoms with E-state index in [1.165, 1.54) is 11.8 Å². The zero-order valence-corrected chi connectivity index (χ0v) is 21.6. The molecule has 38 heavy (non-hydrogen) atoms. The van der Waals surface area contributed by atoms with Gasteiger partial charge in [-0.3, -0.25) is 29.3 Å². The molecule has 6 N–H and O–H groups in total. The Morgan fingerprint density at radius 1 is 1.03 bits per heavy atom. The van der Waals surface area contributed by atoms with Gasteiger partial charge in [0.15, 0.2) is 0 Å². The molecule has 0 aromatic heterocycles. The van der Waals surface area contributed by atoms with Crippen molar-refractivity contribution in [1.82, 2.24) is 15.5 Å². The maximum absolute atomic E-state index is 13.0. The van der Waals surface area contributed by atoms with Crippen LogP contribution in [-0.2, 0) is 25.7 Å². The lowest BCUT2D eigenvalue weighted by Crippen LogP contribution is -2.47. The second-order valence-electron chi connectivity index (χ2n) is 9.09. The molecule has 0 fully saturated rings. The van der Waals surface area contributed by atoms with Crippen LogP contribution in [0.5, 0.6) is 0 Å². The Hall–Kier alpha value is -4.25. The van der Waals surface area contributed by atoms with Crippen molar-refractivity contribution >= 4 is 46.6 Å². The minimum absolute atomic E-state index is 0.144. The van der Waals surface area contributed by atoms with Gasteiger partial charge in [-0.05, 0) is 56.1 Å². The topological polar surface area (TPSA) is 163 Å². The van der Waals surface area contributed by atoms with Crippen LogP contribution in [0, 0.1) is 0 Å². The molecule has 1 atom stereocenters. The summed E-state index contributed by atoms with van der Waals surface area (Å²) in [5, 5.41) is 10.9. The summed E-state index contributed by atoms with van der Waals surface area (Å²) in [5.74, 6) is -1.69. The second kappa shape index (κ2) is 13.3. The summed E-state index contributed by atoms with van der Waals surface area (Å²) < 4.78 is 0. The summed E-state index contributed by atoms with van der Waals surface area (Å²) in [4.78, 5) is 62.7. The molecule has 0 radical (unpaired) electrons. The van der Waals surface area contributed by atoms with Gasteiger partial charge in [0.1, 0.15) is 6.04 Å². The Balaban J connectivity index is 1.43. The van der Waals surface area contributed by atoms with E-state index in [4.69, 9.17) is 5.73 Å². The highest BCUT2D eigenvalue weighted by molar-refractivity contribution is 6.05. The molecule has 2 aromatic rings. The Morgan fingerprint density at radius 3 is 2.50 bits per heavy atom. The summed E-state index contributed by atoms with van der Waals surface area (Å²) in [6.07, 6.45) is 1.93. The monoisotopic (exact) mass is 522 g/mol. The highest BCUT2D eigenvalue weighted by Gasteiger charge is 2.37. The number of benzene rings is 2. The van der Waals surface area contributed by atoms with E-state index in [0.717, 1.165) is 0 Å². The molecule has 11 heteroatoms. The van der Waals surface area contributed by atoms with E-state index in [-0.39, 0.29) is 37.2 Å². The third-order valence-corrected chi connectivity index (χ3v) is 6.10. The number of fused-ring (bicyclic) bond motifs is 1. The standard InChI is InChI=1S/C27H34N6O5/c1-3-23(26(37)30-17(2)34)33-16-21-20(27(33)38)10-7-11-22(21)32-24(35)12-4-5-13-29-15-25(36)31-19-9-6-8-18(28)14-19/h6-11,14,23,29H,3-5,12-13,15-16,28H2,1-2H3,(H,31,36)(H,32,35)(H,30,34,37). The number of hydrogen-bond donors (Lipinski definition) is 5. The number of imide groups is 1. The molecule has 5 amide bonds. The minimum atomic E-state index is -0.789. The molecule has 0 saturated carbocycles. The molecule has 1 unspecified atom stereocenters. The average Bonchev–Trinajstić information content (AvgIpc) is 3.18. The summed E-state index contributed by atoms with van der Waals surface area (Å²) >= 11 is 0. The zero-order valence-electron chi connectivity index (χ0n) is 21.6. The van der Waals surface area contributed by atoms with Crippen molar-refractivity contribution in [2.75, 3.05) is 29.5 Å². The van der Waals surface area contributed by atoms with E-state index in [9.17, 15) is 24.0 Å². The molecule has 0 spiro atoms. The molecule has 0 aliphatic carbocycles. The number of carbonyl (C=O) groups is 5. The van der Waals surface area contributed by atoms with Crippen molar-refractivity contribution in [3.63, 3.8) is 0 Å². The number of nitrogens with one attached hydrogen (secondary N) is 4. The Labute approximate surface area is 221 Å². The van der Waals surface area contributed by atoms with Crippen LogP contribution in [0.15, 0.2) is 42.5 Å². The number of unbranched alkanes of at least 4 members (excludes halogenated alkanes) is 1. The summed E-state index contributed by atoms with van der Waals surface area (Å²) in [6, 6.07) is 11.2. The summed E-state index contributed by atoms with van der Waals surface area (Å²) in [6.45, 7) is 3.89. The number of hydrogen-bond acceptors (Lipinski definition) is 7. The molecule has 1 heterocycles. The maximum atomic E-state index is 13.0. The molecule has 11 nitrogen and oxygen atoms in total. The van der Waals surface area contributed by atoms with Crippen LogP contribution < -0.4 is 27.0 Å². The van der Waals surface area contributed by atoms with Crippen molar-refractivity contribution in [2.45, 2.75) is 52.1 Å². The Kier molecular flexibility index (Phi) is 9.94. The lowest BCUT2D eigenvalue weighted by Gasteiger charge is -2.25. The number of carbonyl (C=O) groups excluding carboxylic acids is 5. The maximum Gasteiger partial charge on any atom is 0.255 e. The first kappa shape index (κ1) is 28.3. The fourth-order valence-corrected chi connectivity index (χ4v) is 4.30. The highest BCUT2D eigenvalue weighted by atomic mass is 16.2. The van der Waals surface area contributed by atoms with Crippen molar-refractivity contribution in [3.8, 4) is 0 Å². The van der Waals surface area contributed by atoms with Gasteiger partial charge in [-0.2, -0.15) is 0 Å². The number of amides is 5. The van der Waals surface area contributed by atoms with Gasteiger partial charge >= 0.3 is 0 Å². The minimum Gasteiger partial charge on any atom is -0.399 e. The van der Waals surface area contributed by atoms with Crippen LogP contribution in [0.25, 0.3) is 0 Å². The SMILES string of the molecule is CCC(C(=O)NC(C)=O)N1Cc2c(NC(=O)CCCCNCC(=O)Nc3cccc(N)c3)cccc2C1=O. The Bertz CT molecular complexity index is 1210. The molecule has 0 saturated heterocycles. The number of nitrogens with zero attached hydrogens (tertiary/aromatic N) is 1. The first-order chi connectivity index (χ1) is 18.2. The van der Waals surface area contributed by atoms with Crippen LogP contribution in [0.1, 0.15) is 55.5 Å². The third-order valence-electron chi connectivity index (χ3n) is 6.10. The fourth-order valence-electron chi connectivity index (χ4n) is 4.30. The molecule has 0 bridgehead atoms. The smallest absolute Gasteiger partial charge is 0.255 e. The molecule has 1 aliphatic rings. The van der Waals surface area contributed by atoms with Gasteiger partial charge in [-0.25, -0.2) is 0 Å². The second-order valence-corrected chi connectivity index (χ2v) is 9.09. The molecule has 3 rings (SSSR count). The number of anilines is 3. The van der Waals surface area contributed by atoms with Gasteiger partial charge in [0.25, 0.3) is 5.91 Å². The van der Waals surface area contributed by atoms with Gasteiger partial charge in [0.05, 0.1) is 6.54 Å². The molecule has 202 valence electrons. The van der Waals surface area contributed by atoms with Gasteiger partial charge in [0.2, 0.25) is 23.6 Å².